The number of hydrogen-bond donors (Lipinski definition) is 0. The van der Waals surface area contributed by atoms with E-state index in [1.165, 1.54) is 30.9 Å². The summed E-state index contributed by atoms with van der Waals surface area (Å²) in [7, 11) is 0. The zero-order valence-electron chi connectivity index (χ0n) is 13.8. The van der Waals surface area contributed by atoms with Crippen molar-refractivity contribution in [3.8, 4) is 11.1 Å². The molecule has 3 rings (SSSR count). The van der Waals surface area contributed by atoms with Crippen molar-refractivity contribution in [3.63, 3.8) is 0 Å². The van der Waals surface area contributed by atoms with Crippen molar-refractivity contribution in [2.24, 2.45) is 0 Å². The van der Waals surface area contributed by atoms with E-state index in [-0.39, 0.29) is 5.82 Å². The third kappa shape index (κ3) is 3.40. The van der Waals surface area contributed by atoms with E-state index < -0.39 is 11.6 Å². The summed E-state index contributed by atoms with van der Waals surface area (Å²) in [5.74, 6) is -2.19. The minimum atomic E-state index is -0.956. The molecule has 0 N–H and O–H groups in total. The number of benzene rings is 2. The normalized spacial score (nSPS) is 13.6. The smallest absolute Gasteiger partial charge is 0.159 e. The van der Waals surface area contributed by atoms with Crippen LogP contribution in [0.15, 0.2) is 42.0 Å². The second-order valence-corrected chi connectivity index (χ2v) is 6.39. The molecule has 0 spiro atoms. The average molecular weight is 330 g/mol. The van der Waals surface area contributed by atoms with Crippen LogP contribution in [0, 0.1) is 17.5 Å². The second-order valence-electron chi connectivity index (χ2n) is 6.39. The summed E-state index contributed by atoms with van der Waals surface area (Å²) in [6.07, 6.45) is 8.13. The minimum Gasteiger partial charge on any atom is -0.206 e. The van der Waals surface area contributed by atoms with Crippen LogP contribution in [0.4, 0.5) is 13.2 Å². The van der Waals surface area contributed by atoms with Gasteiger partial charge in [0, 0.05) is 5.56 Å². The van der Waals surface area contributed by atoms with Crippen molar-refractivity contribution in [1.82, 2.24) is 0 Å². The molecule has 126 valence electrons. The summed E-state index contributed by atoms with van der Waals surface area (Å²) in [6, 6.07) is 7.10. The third-order valence-electron chi connectivity index (χ3n) is 4.68. The SMILES string of the molecule is CCCCCC1=CCc2c(ccc(-c3ccc(F)c(F)c3)c2F)C1. The van der Waals surface area contributed by atoms with E-state index in [2.05, 4.69) is 13.0 Å². The van der Waals surface area contributed by atoms with Gasteiger partial charge in [-0.2, -0.15) is 0 Å². The van der Waals surface area contributed by atoms with Crippen LogP contribution in [-0.4, -0.2) is 0 Å². The lowest BCUT2D eigenvalue weighted by molar-refractivity contribution is 0.509. The zero-order chi connectivity index (χ0) is 17.1. The van der Waals surface area contributed by atoms with Crippen LogP contribution in [0.2, 0.25) is 0 Å². The number of fused-ring (bicyclic) bond motifs is 1. The monoisotopic (exact) mass is 330 g/mol. The first-order valence-electron chi connectivity index (χ1n) is 8.53. The Morgan fingerprint density at radius 3 is 2.54 bits per heavy atom. The van der Waals surface area contributed by atoms with Crippen molar-refractivity contribution >= 4 is 0 Å². The fourth-order valence-corrected chi connectivity index (χ4v) is 3.29. The minimum absolute atomic E-state index is 0.317. The molecule has 2 aromatic rings. The van der Waals surface area contributed by atoms with Gasteiger partial charge in [0.2, 0.25) is 0 Å². The molecule has 0 saturated heterocycles. The Bertz CT molecular complexity index is 775. The van der Waals surface area contributed by atoms with Gasteiger partial charge in [-0.25, -0.2) is 13.2 Å². The molecule has 0 amide bonds. The predicted octanol–water partition coefficient (Wildman–Crippen LogP) is 6.38. The van der Waals surface area contributed by atoms with Gasteiger partial charge in [-0.1, -0.05) is 49.6 Å². The maximum absolute atomic E-state index is 14.9. The van der Waals surface area contributed by atoms with Crippen LogP contribution in [0.5, 0.6) is 0 Å². The molecule has 0 unspecified atom stereocenters. The second kappa shape index (κ2) is 7.25. The topological polar surface area (TPSA) is 0 Å². The van der Waals surface area contributed by atoms with E-state index in [0.29, 0.717) is 23.1 Å². The third-order valence-corrected chi connectivity index (χ3v) is 4.68. The number of halogens is 3. The summed E-state index contributed by atoms with van der Waals surface area (Å²) < 4.78 is 41.4. The number of allylic oxidation sites excluding steroid dienone is 2. The van der Waals surface area contributed by atoms with Crippen molar-refractivity contribution in [2.75, 3.05) is 0 Å². The summed E-state index contributed by atoms with van der Waals surface area (Å²) in [4.78, 5) is 0. The Labute approximate surface area is 141 Å². The highest BCUT2D eigenvalue weighted by Crippen LogP contribution is 2.32. The standard InChI is InChI=1S/C21H21F3/c1-2-3-4-5-14-6-9-17-15(12-14)7-10-18(21(17)24)16-8-11-19(22)20(23)13-16/h6-8,10-11,13H,2-5,9,12H2,1H3. The Kier molecular flexibility index (Phi) is 5.08. The molecule has 24 heavy (non-hydrogen) atoms. The molecule has 0 nitrogen and oxygen atoms in total. The molecule has 0 fully saturated rings. The van der Waals surface area contributed by atoms with Gasteiger partial charge in [0.25, 0.3) is 0 Å². The zero-order valence-corrected chi connectivity index (χ0v) is 13.8. The molecule has 0 saturated carbocycles. The highest BCUT2D eigenvalue weighted by molar-refractivity contribution is 5.66. The van der Waals surface area contributed by atoms with Crippen LogP contribution in [0.3, 0.4) is 0 Å². The van der Waals surface area contributed by atoms with Crippen molar-refractivity contribution in [1.29, 1.82) is 0 Å². The summed E-state index contributed by atoms with van der Waals surface area (Å²) in [6.45, 7) is 2.18. The fourth-order valence-electron chi connectivity index (χ4n) is 3.29. The highest BCUT2D eigenvalue weighted by Gasteiger charge is 2.18. The molecule has 2 aromatic carbocycles. The van der Waals surface area contributed by atoms with Gasteiger partial charge < -0.3 is 0 Å². The molecule has 3 heteroatoms. The van der Waals surface area contributed by atoms with Gasteiger partial charge in [0.15, 0.2) is 11.6 Å². The van der Waals surface area contributed by atoms with Crippen LogP contribution < -0.4 is 0 Å². The molecule has 1 aliphatic rings. The van der Waals surface area contributed by atoms with Crippen LogP contribution in [0.25, 0.3) is 11.1 Å². The van der Waals surface area contributed by atoms with Gasteiger partial charge >= 0.3 is 0 Å². The summed E-state index contributed by atoms with van der Waals surface area (Å²) >= 11 is 0. The fraction of sp³-hybridized carbons (Fsp3) is 0.333. The van der Waals surface area contributed by atoms with E-state index in [1.807, 2.05) is 6.07 Å². The van der Waals surface area contributed by atoms with E-state index in [1.54, 1.807) is 6.07 Å². The molecule has 0 atom stereocenters. The van der Waals surface area contributed by atoms with Crippen molar-refractivity contribution in [2.45, 2.75) is 45.4 Å². The Morgan fingerprint density at radius 1 is 0.958 bits per heavy atom. The molecule has 0 bridgehead atoms. The number of rotatable bonds is 5. The largest absolute Gasteiger partial charge is 0.206 e. The average Bonchev–Trinajstić information content (AvgIpc) is 2.58. The predicted molar refractivity (Wildman–Crippen MR) is 91.4 cm³/mol. The quantitative estimate of drug-likeness (QED) is 0.441. The number of unbranched alkanes of at least 4 members (excludes halogenated alkanes) is 2. The Hall–Kier alpha value is -2.03. The van der Waals surface area contributed by atoms with E-state index in [9.17, 15) is 13.2 Å². The Balaban J connectivity index is 1.86. The first-order chi connectivity index (χ1) is 11.6. The summed E-state index contributed by atoms with van der Waals surface area (Å²) in [5, 5.41) is 0. The van der Waals surface area contributed by atoms with E-state index in [0.717, 1.165) is 30.5 Å². The molecule has 0 radical (unpaired) electrons. The highest BCUT2D eigenvalue weighted by atomic mass is 19.2. The maximum Gasteiger partial charge on any atom is 0.159 e. The van der Waals surface area contributed by atoms with Gasteiger partial charge in [0.05, 0.1) is 0 Å². The molecule has 1 aliphatic carbocycles. The summed E-state index contributed by atoms with van der Waals surface area (Å²) in [5.41, 5.74) is 3.75. The van der Waals surface area contributed by atoms with Crippen molar-refractivity contribution < 1.29 is 13.2 Å². The molecule has 0 heterocycles. The Morgan fingerprint density at radius 2 is 1.79 bits per heavy atom. The lowest BCUT2D eigenvalue weighted by atomic mass is 9.86. The first kappa shape index (κ1) is 16.8. The molecular formula is C21H21F3. The van der Waals surface area contributed by atoms with Gasteiger partial charge in [0.1, 0.15) is 5.82 Å². The van der Waals surface area contributed by atoms with Gasteiger partial charge in [-0.05, 0) is 54.5 Å². The van der Waals surface area contributed by atoms with Gasteiger partial charge in [-0.3, -0.25) is 0 Å². The van der Waals surface area contributed by atoms with Crippen LogP contribution in [-0.2, 0) is 12.8 Å². The van der Waals surface area contributed by atoms with E-state index in [4.69, 9.17) is 0 Å². The molecular weight excluding hydrogens is 309 g/mol. The maximum atomic E-state index is 14.9. The van der Waals surface area contributed by atoms with Gasteiger partial charge in [-0.15, -0.1) is 0 Å². The molecule has 0 aliphatic heterocycles. The van der Waals surface area contributed by atoms with Crippen LogP contribution >= 0.6 is 0 Å². The van der Waals surface area contributed by atoms with Crippen LogP contribution in [0.1, 0.15) is 43.7 Å². The van der Waals surface area contributed by atoms with Crippen molar-refractivity contribution in [3.05, 3.63) is 70.6 Å². The van der Waals surface area contributed by atoms with E-state index >= 15 is 0 Å². The first-order valence-corrected chi connectivity index (χ1v) is 8.53. The lowest BCUT2D eigenvalue weighted by Crippen LogP contribution is -2.07. The number of hydrogen-bond acceptors (Lipinski definition) is 0. The molecule has 0 aromatic heterocycles. The lowest BCUT2D eigenvalue weighted by Gasteiger charge is -2.19.